The monoisotopic (exact) mass is 155 g/mol. The zero-order valence-electron chi connectivity index (χ0n) is 7.34. The molecule has 0 aliphatic heterocycles. The largest absolute Gasteiger partial charge is 0.464 e. The molecule has 0 aliphatic carbocycles. The van der Waals surface area contributed by atoms with E-state index in [9.17, 15) is 4.79 Å². The number of hydrogen-bond acceptors (Lipinski definition) is 3. The third kappa shape index (κ3) is 3.55. The van der Waals surface area contributed by atoms with Gasteiger partial charge in [0.1, 0.15) is 5.71 Å². The summed E-state index contributed by atoms with van der Waals surface area (Å²) < 4.78 is 4.49. The number of methoxy groups -OCH3 is 1. The molecule has 0 spiro atoms. The van der Waals surface area contributed by atoms with Crippen LogP contribution < -0.4 is 0 Å². The highest BCUT2D eigenvalue weighted by molar-refractivity contribution is 6.41. The van der Waals surface area contributed by atoms with Gasteiger partial charge in [-0.05, 0) is 19.9 Å². The highest BCUT2D eigenvalue weighted by Crippen LogP contribution is 1.92. The maximum atomic E-state index is 10.9. The smallest absolute Gasteiger partial charge is 0.356 e. The summed E-state index contributed by atoms with van der Waals surface area (Å²) in [6.07, 6.45) is 1.69. The Balaban J connectivity index is 4.45. The number of carbonyl (C=O) groups is 1. The van der Waals surface area contributed by atoms with Crippen LogP contribution in [0.15, 0.2) is 16.6 Å². The van der Waals surface area contributed by atoms with E-state index in [1.165, 1.54) is 7.11 Å². The zero-order chi connectivity index (χ0) is 8.85. The quantitative estimate of drug-likeness (QED) is 0.444. The van der Waals surface area contributed by atoms with Crippen molar-refractivity contribution >= 4 is 11.7 Å². The number of hydrogen-bond donors (Lipinski definition) is 0. The lowest BCUT2D eigenvalue weighted by molar-refractivity contribution is -0.132. The van der Waals surface area contributed by atoms with Gasteiger partial charge < -0.3 is 4.74 Å². The maximum absolute atomic E-state index is 10.9. The first-order valence-corrected chi connectivity index (χ1v) is 3.31. The topological polar surface area (TPSA) is 38.7 Å². The van der Waals surface area contributed by atoms with Crippen LogP contribution in [0, 0.1) is 0 Å². The van der Waals surface area contributed by atoms with Crippen LogP contribution in [0.2, 0.25) is 0 Å². The summed E-state index contributed by atoms with van der Waals surface area (Å²) in [5.41, 5.74) is 1.38. The molecule has 0 aromatic heterocycles. The summed E-state index contributed by atoms with van der Waals surface area (Å²) >= 11 is 0. The third-order valence-electron chi connectivity index (χ3n) is 1.06. The van der Waals surface area contributed by atoms with Gasteiger partial charge in [-0.2, -0.15) is 0 Å². The first kappa shape index (κ1) is 9.88. The van der Waals surface area contributed by atoms with Crippen LogP contribution in [-0.2, 0) is 9.53 Å². The van der Waals surface area contributed by atoms with Crippen molar-refractivity contribution in [3.8, 4) is 0 Å². The lowest BCUT2D eigenvalue weighted by atomic mass is 10.2. The van der Waals surface area contributed by atoms with E-state index in [0.29, 0.717) is 5.71 Å². The van der Waals surface area contributed by atoms with Crippen LogP contribution in [0.3, 0.4) is 0 Å². The number of carbonyl (C=O) groups excluding carboxylic acids is 1. The molecule has 0 saturated carbocycles. The summed E-state index contributed by atoms with van der Waals surface area (Å²) in [4.78, 5) is 14.6. The lowest BCUT2D eigenvalue weighted by Crippen LogP contribution is -2.13. The lowest BCUT2D eigenvalue weighted by Gasteiger charge is -1.97. The minimum absolute atomic E-state index is 0.354. The molecule has 0 bridgehead atoms. The molecule has 0 aromatic rings. The number of esters is 1. The number of ether oxygens (including phenoxy) is 1. The molecule has 0 saturated heterocycles. The van der Waals surface area contributed by atoms with Crippen LogP contribution in [-0.4, -0.2) is 25.8 Å². The second-order valence-corrected chi connectivity index (χ2v) is 2.32. The molecule has 0 rings (SSSR count). The Kier molecular flexibility index (Phi) is 4.18. The number of allylic oxidation sites excluding steroid dienone is 1. The third-order valence-corrected chi connectivity index (χ3v) is 1.06. The van der Waals surface area contributed by atoms with Gasteiger partial charge in [-0.25, -0.2) is 4.79 Å². The molecule has 0 fully saturated rings. The van der Waals surface area contributed by atoms with Crippen molar-refractivity contribution in [3.63, 3.8) is 0 Å². The Morgan fingerprint density at radius 3 is 2.27 bits per heavy atom. The Labute approximate surface area is 66.8 Å². The van der Waals surface area contributed by atoms with E-state index in [-0.39, 0.29) is 0 Å². The van der Waals surface area contributed by atoms with Crippen LogP contribution in [0.5, 0.6) is 0 Å². The van der Waals surface area contributed by atoms with Gasteiger partial charge in [0.05, 0.1) is 7.11 Å². The first-order chi connectivity index (χ1) is 5.11. The molecule has 0 N–H and O–H groups in total. The average Bonchev–Trinajstić information content (AvgIpc) is 1.98. The first-order valence-electron chi connectivity index (χ1n) is 3.31. The van der Waals surface area contributed by atoms with E-state index in [0.717, 1.165) is 5.57 Å². The van der Waals surface area contributed by atoms with E-state index in [1.54, 1.807) is 13.1 Å². The van der Waals surface area contributed by atoms with Crippen LogP contribution >= 0.6 is 0 Å². The van der Waals surface area contributed by atoms with Gasteiger partial charge in [0.25, 0.3) is 0 Å². The summed E-state index contributed by atoms with van der Waals surface area (Å²) in [6, 6.07) is 0. The molecule has 3 heteroatoms. The molecule has 3 nitrogen and oxygen atoms in total. The van der Waals surface area contributed by atoms with E-state index in [2.05, 4.69) is 9.73 Å². The summed E-state index contributed by atoms with van der Waals surface area (Å²) in [5.74, 6) is -0.395. The normalized spacial score (nSPS) is 10.7. The van der Waals surface area contributed by atoms with Crippen molar-refractivity contribution in [1.82, 2.24) is 0 Å². The van der Waals surface area contributed by atoms with Crippen LogP contribution in [0.4, 0.5) is 0 Å². The standard InChI is InChI=1S/C8H13NO2/c1-6(2)5-7(9-3)8(10)11-4/h5H,1-4H3/b9-7-. The SMILES string of the molecule is C/N=C(/C=C(C)C)C(=O)OC. The molecule has 0 radical (unpaired) electrons. The molecule has 0 aliphatic rings. The Hall–Kier alpha value is -1.12. The van der Waals surface area contributed by atoms with Crippen molar-refractivity contribution in [1.29, 1.82) is 0 Å². The molecule has 11 heavy (non-hydrogen) atoms. The predicted octanol–water partition coefficient (Wildman–Crippen LogP) is 1.20. The second-order valence-electron chi connectivity index (χ2n) is 2.32. The molecule has 62 valence electrons. The highest BCUT2D eigenvalue weighted by atomic mass is 16.5. The minimum atomic E-state index is -0.395. The summed E-state index contributed by atoms with van der Waals surface area (Å²) in [5, 5.41) is 0. The minimum Gasteiger partial charge on any atom is -0.464 e. The zero-order valence-corrected chi connectivity index (χ0v) is 7.34. The molecule has 0 aromatic carbocycles. The van der Waals surface area contributed by atoms with E-state index in [1.807, 2.05) is 13.8 Å². The fourth-order valence-corrected chi connectivity index (χ4v) is 0.593. The van der Waals surface area contributed by atoms with Crippen molar-refractivity contribution in [2.45, 2.75) is 13.8 Å². The molecular formula is C8H13NO2. The van der Waals surface area contributed by atoms with Crippen molar-refractivity contribution in [2.75, 3.05) is 14.2 Å². The average molecular weight is 155 g/mol. The van der Waals surface area contributed by atoms with Gasteiger partial charge in [0.15, 0.2) is 0 Å². The van der Waals surface area contributed by atoms with Crippen molar-refractivity contribution in [2.24, 2.45) is 4.99 Å². The highest BCUT2D eigenvalue weighted by Gasteiger charge is 2.05. The van der Waals surface area contributed by atoms with E-state index < -0.39 is 5.97 Å². The predicted molar refractivity (Wildman–Crippen MR) is 44.8 cm³/mol. The van der Waals surface area contributed by atoms with Gasteiger partial charge in [-0.3, -0.25) is 4.99 Å². The van der Waals surface area contributed by atoms with E-state index >= 15 is 0 Å². The number of aliphatic imine (C=N–C) groups is 1. The van der Waals surface area contributed by atoms with Crippen molar-refractivity contribution in [3.05, 3.63) is 11.6 Å². The Morgan fingerprint density at radius 2 is 2.00 bits per heavy atom. The maximum Gasteiger partial charge on any atom is 0.356 e. The van der Waals surface area contributed by atoms with Crippen LogP contribution in [0.25, 0.3) is 0 Å². The molecular weight excluding hydrogens is 142 g/mol. The van der Waals surface area contributed by atoms with Gasteiger partial charge in [0.2, 0.25) is 0 Å². The summed E-state index contributed by atoms with van der Waals surface area (Å²) in [6.45, 7) is 3.79. The van der Waals surface area contributed by atoms with Gasteiger partial charge in [-0.15, -0.1) is 0 Å². The summed E-state index contributed by atoms with van der Waals surface area (Å²) in [7, 11) is 2.90. The molecule has 0 atom stereocenters. The fourth-order valence-electron chi connectivity index (χ4n) is 0.593. The van der Waals surface area contributed by atoms with Crippen molar-refractivity contribution < 1.29 is 9.53 Å². The molecule has 0 unspecified atom stereocenters. The second kappa shape index (κ2) is 4.66. The fraction of sp³-hybridized carbons (Fsp3) is 0.500. The Morgan fingerprint density at radius 1 is 1.45 bits per heavy atom. The molecule has 0 heterocycles. The van der Waals surface area contributed by atoms with Gasteiger partial charge in [0, 0.05) is 7.05 Å². The molecule has 0 amide bonds. The number of rotatable bonds is 2. The number of nitrogens with zero attached hydrogens (tertiary/aromatic N) is 1. The van der Waals surface area contributed by atoms with Crippen LogP contribution in [0.1, 0.15) is 13.8 Å². The van der Waals surface area contributed by atoms with Gasteiger partial charge >= 0.3 is 5.97 Å². The Bertz CT molecular complexity index is 200. The van der Waals surface area contributed by atoms with E-state index in [4.69, 9.17) is 0 Å². The van der Waals surface area contributed by atoms with Gasteiger partial charge in [-0.1, -0.05) is 5.57 Å².